The largest absolute Gasteiger partial charge is 0.483 e. The predicted molar refractivity (Wildman–Crippen MR) is 109 cm³/mol. The Balaban J connectivity index is 1.77. The summed E-state index contributed by atoms with van der Waals surface area (Å²) in [5.74, 6) is 0.587. The van der Waals surface area contributed by atoms with E-state index in [9.17, 15) is 4.79 Å². The van der Waals surface area contributed by atoms with E-state index in [1.807, 2.05) is 67.6 Å². The number of nitrogens with zero attached hydrogens (tertiary/aromatic N) is 1. The molecule has 0 unspecified atom stereocenters. The van der Waals surface area contributed by atoms with Gasteiger partial charge in [0.25, 0.3) is 5.91 Å². The summed E-state index contributed by atoms with van der Waals surface area (Å²) in [5.41, 5.74) is 0.876. The zero-order valence-electron chi connectivity index (χ0n) is 13.7. The average Bonchev–Trinajstić information content (AvgIpc) is 2.62. The summed E-state index contributed by atoms with van der Waals surface area (Å²) in [6, 6.07) is 19.5. The monoisotopic (exact) mass is 461 g/mol. The van der Waals surface area contributed by atoms with Crippen LogP contribution in [0.25, 0.3) is 10.8 Å². The van der Waals surface area contributed by atoms with Crippen LogP contribution in [0.1, 0.15) is 6.92 Å². The minimum atomic E-state index is -0.0727. The Labute approximate surface area is 163 Å². The third kappa shape index (κ3) is 4.05. The second-order valence-corrected chi connectivity index (χ2v) is 7.21. The molecular formula is C20H17Br2NO2. The van der Waals surface area contributed by atoms with Gasteiger partial charge < -0.3 is 9.64 Å². The molecule has 0 N–H and O–H groups in total. The van der Waals surface area contributed by atoms with Gasteiger partial charge in [-0.1, -0.05) is 46.3 Å². The molecule has 3 aromatic rings. The van der Waals surface area contributed by atoms with Crippen LogP contribution >= 0.6 is 31.9 Å². The molecule has 0 heterocycles. The van der Waals surface area contributed by atoms with Gasteiger partial charge in [0.2, 0.25) is 0 Å². The van der Waals surface area contributed by atoms with Crippen LogP contribution in [-0.2, 0) is 4.79 Å². The van der Waals surface area contributed by atoms with Gasteiger partial charge in [-0.05, 0) is 64.0 Å². The summed E-state index contributed by atoms with van der Waals surface area (Å²) in [5, 5.41) is 2.14. The first-order valence-electron chi connectivity index (χ1n) is 7.96. The van der Waals surface area contributed by atoms with Crippen molar-refractivity contribution in [3.05, 3.63) is 69.6 Å². The van der Waals surface area contributed by atoms with E-state index >= 15 is 0 Å². The molecule has 3 rings (SSSR count). The molecule has 3 nitrogen and oxygen atoms in total. The van der Waals surface area contributed by atoms with Crippen LogP contribution < -0.4 is 9.64 Å². The number of likely N-dealkylation sites (N-methyl/N-ethyl adjacent to an activating group) is 1. The SMILES string of the molecule is CCN(C(=O)COc1ccc2cc(Br)ccc2c1Br)c1ccccc1. The maximum atomic E-state index is 12.5. The van der Waals surface area contributed by atoms with E-state index in [1.54, 1.807) is 4.90 Å². The molecule has 128 valence electrons. The van der Waals surface area contributed by atoms with Gasteiger partial charge in [0.15, 0.2) is 6.61 Å². The lowest BCUT2D eigenvalue weighted by atomic mass is 10.1. The fourth-order valence-corrected chi connectivity index (χ4v) is 3.67. The lowest BCUT2D eigenvalue weighted by Crippen LogP contribution is -2.34. The van der Waals surface area contributed by atoms with Gasteiger partial charge >= 0.3 is 0 Å². The van der Waals surface area contributed by atoms with Crippen molar-refractivity contribution in [2.24, 2.45) is 0 Å². The van der Waals surface area contributed by atoms with Crippen LogP contribution in [0.15, 0.2) is 69.6 Å². The van der Waals surface area contributed by atoms with Gasteiger partial charge in [0, 0.05) is 16.7 Å². The first-order chi connectivity index (χ1) is 12.1. The van der Waals surface area contributed by atoms with E-state index in [1.165, 1.54) is 0 Å². The van der Waals surface area contributed by atoms with Gasteiger partial charge in [-0.15, -0.1) is 0 Å². The average molecular weight is 463 g/mol. The number of hydrogen-bond donors (Lipinski definition) is 0. The molecule has 5 heteroatoms. The minimum absolute atomic E-state index is 0.0105. The number of carbonyl (C=O) groups excluding carboxylic acids is 1. The number of fused-ring (bicyclic) bond motifs is 1. The highest BCUT2D eigenvalue weighted by Gasteiger charge is 2.15. The highest BCUT2D eigenvalue weighted by Crippen LogP contribution is 2.34. The molecule has 0 aromatic heterocycles. The van der Waals surface area contributed by atoms with Crippen LogP contribution in [0, 0.1) is 0 Å². The van der Waals surface area contributed by atoms with Crippen molar-refractivity contribution < 1.29 is 9.53 Å². The second kappa shape index (κ2) is 8.02. The summed E-state index contributed by atoms with van der Waals surface area (Å²) >= 11 is 7.06. The molecule has 0 radical (unpaired) electrons. The van der Waals surface area contributed by atoms with Crippen LogP contribution in [0.4, 0.5) is 5.69 Å². The summed E-state index contributed by atoms with van der Waals surface area (Å²) < 4.78 is 7.67. The first-order valence-corrected chi connectivity index (χ1v) is 9.54. The quantitative estimate of drug-likeness (QED) is 0.479. The Hall–Kier alpha value is -1.85. The minimum Gasteiger partial charge on any atom is -0.483 e. The number of amides is 1. The van der Waals surface area contributed by atoms with Gasteiger partial charge in [-0.25, -0.2) is 0 Å². The highest BCUT2D eigenvalue weighted by molar-refractivity contribution is 9.11. The lowest BCUT2D eigenvalue weighted by Gasteiger charge is -2.21. The number of rotatable bonds is 5. The van der Waals surface area contributed by atoms with E-state index in [4.69, 9.17) is 4.74 Å². The van der Waals surface area contributed by atoms with Crippen molar-refractivity contribution in [1.82, 2.24) is 0 Å². The summed E-state index contributed by atoms with van der Waals surface area (Å²) in [4.78, 5) is 14.3. The molecule has 1 amide bonds. The molecule has 0 fully saturated rings. The first kappa shape index (κ1) is 18.0. The molecule has 0 saturated carbocycles. The standard InChI is InChI=1S/C20H17Br2NO2/c1-2-23(16-6-4-3-5-7-16)19(24)13-25-18-11-8-14-12-15(21)9-10-17(14)20(18)22/h3-12H,2,13H2,1H3. The number of benzene rings is 3. The molecule has 0 spiro atoms. The van der Waals surface area contributed by atoms with Crippen molar-refractivity contribution in [3.8, 4) is 5.75 Å². The van der Waals surface area contributed by atoms with Crippen LogP contribution in [0.5, 0.6) is 5.75 Å². The Morgan fingerprint density at radius 3 is 2.52 bits per heavy atom. The van der Waals surface area contributed by atoms with Gasteiger partial charge in [-0.3, -0.25) is 4.79 Å². The number of para-hydroxylation sites is 1. The van der Waals surface area contributed by atoms with Crippen molar-refractivity contribution in [3.63, 3.8) is 0 Å². The number of anilines is 1. The summed E-state index contributed by atoms with van der Waals surface area (Å²) in [6.45, 7) is 2.54. The molecule has 0 bridgehead atoms. The number of halogens is 2. The lowest BCUT2D eigenvalue weighted by molar-refractivity contribution is -0.120. The maximum absolute atomic E-state index is 12.5. The fraction of sp³-hybridized carbons (Fsp3) is 0.150. The molecule has 0 aliphatic carbocycles. The number of hydrogen-bond acceptors (Lipinski definition) is 2. The molecule has 25 heavy (non-hydrogen) atoms. The topological polar surface area (TPSA) is 29.5 Å². The van der Waals surface area contributed by atoms with Gasteiger partial charge in [-0.2, -0.15) is 0 Å². The Morgan fingerprint density at radius 2 is 1.80 bits per heavy atom. The second-order valence-electron chi connectivity index (χ2n) is 5.51. The van der Waals surface area contributed by atoms with Crippen LogP contribution in [0.3, 0.4) is 0 Å². The Bertz CT molecular complexity index is 897. The van der Waals surface area contributed by atoms with Gasteiger partial charge in [0.05, 0.1) is 4.47 Å². The number of carbonyl (C=O) groups is 1. The third-order valence-corrected chi connectivity index (χ3v) is 5.23. The van der Waals surface area contributed by atoms with Crippen LogP contribution in [0.2, 0.25) is 0 Å². The molecule has 0 aliphatic rings. The van der Waals surface area contributed by atoms with E-state index in [0.717, 1.165) is 25.4 Å². The Kier molecular flexibility index (Phi) is 5.76. The summed E-state index contributed by atoms with van der Waals surface area (Å²) in [7, 11) is 0. The van der Waals surface area contributed by atoms with E-state index in [-0.39, 0.29) is 12.5 Å². The smallest absolute Gasteiger partial charge is 0.264 e. The molecule has 0 aliphatic heterocycles. The van der Waals surface area contributed by atoms with E-state index in [0.29, 0.717) is 12.3 Å². The third-order valence-electron chi connectivity index (χ3n) is 3.92. The van der Waals surface area contributed by atoms with Crippen molar-refractivity contribution in [2.75, 3.05) is 18.1 Å². The molecule has 3 aromatic carbocycles. The van der Waals surface area contributed by atoms with Crippen molar-refractivity contribution in [1.29, 1.82) is 0 Å². The van der Waals surface area contributed by atoms with Crippen molar-refractivity contribution in [2.45, 2.75) is 6.92 Å². The fourth-order valence-electron chi connectivity index (χ4n) is 2.68. The predicted octanol–water partition coefficient (Wildman–Crippen LogP) is 5.80. The zero-order chi connectivity index (χ0) is 17.8. The molecule has 0 atom stereocenters. The summed E-state index contributed by atoms with van der Waals surface area (Å²) in [6.07, 6.45) is 0. The van der Waals surface area contributed by atoms with E-state index in [2.05, 4.69) is 31.9 Å². The Morgan fingerprint density at radius 1 is 1.04 bits per heavy atom. The van der Waals surface area contributed by atoms with Crippen molar-refractivity contribution >= 4 is 54.2 Å². The maximum Gasteiger partial charge on any atom is 0.264 e. The molecular weight excluding hydrogens is 446 g/mol. The normalized spacial score (nSPS) is 10.7. The molecule has 0 saturated heterocycles. The van der Waals surface area contributed by atoms with Crippen LogP contribution in [-0.4, -0.2) is 19.1 Å². The highest BCUT2D eigenvalue weighted by atomic mass is 79.9. The van der Waals surface area contributed by atoms with E-state index < -0.39 is 0 Å². The zero-order valence-corrected chi connectivity index (χ0v) is 16.9. The number of ether oxygens (including phenoxy) is 1. The van der Waals surface area contributed by atoms with Gasteiger partial charge in [0.1, 0.15) is 5.75 Å².